The molecule has 1 fully saturated rings. The third-order valence-electron chi connectivity index (χ3n) is 2.22. The Morgan fingerprint density at radius 3 is 1.17 bits per heavy atom. The Balaban J connectivity index is 2.76. The second kappa shape index (κ2) is 4.31. The second-order valence-corrected chi connectivity index (χ2v) is 5.60. The van der Waals surface area contributed by atoms with Crippen molar-refractivity contribution in [3.8, 4) is 0 Å². The molecule has 0 N–H and O–H groups in total. The maximum Gasteiger partial charge on any atom is 0.0692 e. The molecule has 0 heterocycles. The first kappa shape index (κ1) is 11.5. The molecule has 12 heavy (non-hydrogen) atoms. The Morgan fingerprint density at radius 2 is 0.833 bits per heavy atom. The number of hydrogen-bond acceptors (Lipinski definition) is 0. The smallest absolute Gasteiger partial charge is 0.0692 e. The molecule has 0 aromatic carbocycles. The fraction of sp³-hybridized carbons (Fsp3) is 1.00. The summed E-state index contributed by atoms with van der Waals surface area (Å²) in [6.45, 7) is 1.93. The van der Waals surface area contributed by atoms with Crippen LogP contribution in [0, 0.1) is 5.92 Å². The van der Waals surface area contributed by atoms with Crippen molar-refractivity contribution in [3.05, 3.63) is 0 Å². The van der Waals surface area contributed by atoms with Crippen molar-refractivity contribution in [1.82, 2.24) is 0 Å². The van der Waals surface area contributed by atoms with Gasteiger partial charge in [-0.05, 0) is 5.92 Å². The van der Waals surface area contributed by atoms with E-state index in [9.17, 15) is 0 Å². The Labute approximate surface area is 97.4 Å². The van der Waals surface area contributed by atoms with E-state index in [-0.39, 0.29) is 32.8 Å². The maximum atomic E-state index is 6.01. The van der Waals surface area contributed by atoms with E-state index in [0.717, 1.165) is 0 Å². The Bertz CT molecular complexity index is 103. The van der Waals surface area contributed by atoms with Gasteiger partial charge in [-0.1, -0.05) is 6.92 Å². The molecule has 1 rings (SSSR count). The molecule has 0 bridgehead atoms. The molecule has 4 unspecified atom stereocenters. The lowest BCUT2D eigenvalue weighted by Crippen LogP contribution is -2.50. The minimum atomic E-state index is -0.352. The Kier molecular flexibility index (Phi) is 4.14. The summed E-state index contributed by atoms with van der Waals surface area (Å²) in [5, 5.41) is -1.37. The van der Waals surface area contributed by atoms with E-state index in [0.29, 0.717) is 0 Å². The van der Waals surface area contributed by atoms with Crippen LogP contribution in [-0.4, -0.2) is 26.9 Å². The van der Waals surface area contributed by atoms with E-state index in [1.54, 1.807) is 0 Å². The fourth-order valence-electron chi connectivity index (χ4n) is 1.28. The monoisotopic (exact) mass is 268 g/mol. The molecule has 0 nitrogen and oxygen atoms in total. The van der Waals surface area contributed by atoms with Crippen LogP contribution >= 0.6 is 58.0 Å². The highest BCUT2D eigenvalue weighted by Gasteiger charge is 2.45. The summed E-state index contributed by atoms with van der Waals surface area (Å²) in [4.78, 5) is 0. The lowest BCUT2D eigenvalue weighted by Gasteiger charge is -2.39. The molecule has 0 aromatic heterocycles. The summed E-state index contributed by atoms with van der Waals surface area (Å²) in [6, 6.07) is 0. The molecular weight excluding hydrogens is 261 g/mol. The number of hydrogen-bond donors (Lipinski definition) is 0. The zero-order valence-electron chi connectivity index (χ0n) is 6.35. The third kappa shape index (κ3) is 1.93. The normalized spacial score (nSPS) is 55.5. The van der Waals surface area contributed by atoms with Crippen LogP contribution in [0.4, 0.5) is 0 Å². The molecule has 0 spiro atoms. The molecule has 0 aliphatic heterocycles. The van der Waals surface area contributed by atoms with Gasteiger partial charge in [0.15, 0.2) is 0 Å². The van der Waals surface area contributed by atoms with Crippen molar-refractivity contribution >= 4 is 58.0 Å². The van der Waals surface area contributed by atoms with Gasteiger partial charge in [-0.3, -0.25) is 0 Å². The topological polar surface area (TPSA) is 0 Å². The highest BCUT2D eigenvalue weighted by atomic mass is 35.5. The van der Waals surface area contributed by atoms with Gasteiger partial charge in [-0.15, -0.1) is 58.0 Å². The standard InChI is InChI=1S/C7H9Cl5/c1-2-3(8)5(10)7(12)6(11)4(2)9/h2-7H,1H3/t2?,3?,4?,5-,6+,7?. The van der Waals surface area contributed by atoms with Crippen LogP contribution in [0.1, 0.15) is 6.92 Å². The molecule has 5 heteroatoms. The predicted molar refractivity (Wildman–Crippen MR) is 57.4 cm³/mol. The lowest BCUT2D eigenvalue weighted by molar-refractivity contribution is 0.415. The molecule has 1 aliphatic carbocycles. The van der Waals surface area contributed by atoms with Gasteiger partial charge >= 0.3 is 0 Å². The molecule has 0 radical (unpaired) electrons. The molecule has 0 saturated heterocycles. The Hall–Kier alpha value is 1.45. The van der Waals surface area contributed by atoms with Crippen molar-refractivity contribution in [3.63, 3.8) is 0 Å². The van der Waals surface area contributed by atoms with Gasteiger partial charge < -0.3 is 0 Å². The average Bonchev–Trinajstić information content (AvgIpc) is 2.08. The van der Waals surface area contributed by atoms with Crippen LogP contribution in [0.3, 0.4) is 0 Å². The van der Waals surface area contributed by atoms with E-state index < -0.39 is 0 Å². The van der Waals surface area contributed by atoms with Crippen LogP contribution in [0.15, 0.2) is 0 Å². The van der Waals surface area contributed by atoms with Gasteiger partial charge in [0.25, 0.3) is 0 Å². The van der Waals surface area contributed by atoms with Crippen molar-refractivity contribution in [1.29, 1.82) is 0 Å². The molecule has 72 valence electrons. The minimum absolute atomic E-state index is 0.0910. The highest BCUT2D eigenvalue weighted by Crippen LogP contribution is 2.40. The summed E-state index contributed by atoms with van der Waals surface area (Å²) in [5.41, 5.74) is 0. The molecule has 6 atom stereocenters. The molecule has 0 amide bonds. The molecular formula is C7H9Cl5. The third-order valence-corrected chi connectivity index (χ3v) is 5.70. The summed E-state index contributed by atoms with van der Waals surface area (Å²) in [5.74, 6) is 0.0910. The number of rotatable bonds is 0. The van der Waals surface area contributed by atoms with Gasteiger partial charge in [-0.2, -0.15) is 0 Å². The Morgan fingerprint density at radius 1 is 0.583 bits per heavy atom. The van der Waals surface area contributed by atoms with Crippen LogP contribution < -0.4 is 0 Å². The van der Waals surface area contributed by atoms with Gasteiger partial charge in [0.2, 0.25) is 0 Å². The quantitative estimate of drug-likeness (QED) is 0.589. The first-order chi connectivity index (χ1) is 5.46. The highest BCUT2D eigenvalue weighted by molar-refractivity contribution is 6.41. The molecule has 1 saturated carbocycles. The zero-order chi connectivity index (χ0) is 9.46. The minimum Gasteiger partial charge on any atom is -0.121 e. The maximum absolute atomic E-state index is 6.01. The summed E-state index contributed by atoms with van der Waals surface area (Å²) >= 11 is 29.9. The summed E-state index contributed by atoms with van der Waals surface area (Å²) in [7, 11) is 0. The zero-order valence-corrected chi connectivity index (χ0v) is 10.1. The van der Waals surface area contributed by atoms with Gasteiger partial charge in [0.05, 0.1) is 26.9 Å². The van der Waals surface area contributed by atoms with Crippen molar-refractivity contribution in [2.45, 2.75) is 33.8 Å². The van der Waals surface area contributed by atoms with Crippen LogP contribution in [0.5, 0.6) is 0 Å². The van der Waals surface area contributed by atoms with Gasteiger partial charge in [0, 0.05) is 0 Å². The summed E-state index contributed by atoms with van der Waals surface area (Å²) in [6.07, 6.45) is 0. The van der Waals surface area contributed by atoms with Crippen LogP contribution in [0.2, 0.25) is 0 Å². The van der Waals surface area contributed by atoms with Crippen LogP contribution in [0.25, 0.3) is 0 Å². The van der Waals surface area contributed by atoms with Crippen molar-refractivity contribution in [2.24, 2.45) is 5.92 Å². The van der Waals surface area contributed by atoms with Gasteiger partial charge in [-0.25, -0.2) is 0 Å². The first-order valence-corrected chi connectivity index (χ1v) is 5.85. The fourth-order valence-corrected chi connectivity index (χ4v) is 3.29. The molecule has 1 aliphatic rings. The summed E-state index contributed by atoms with van der Waals surface area (Å²) < 4.78 is 0. The van der Waals surface area contributed by atoms with Crippen molar-refractivity contribution in [2.75, 3.05) is 0 Å². The first-order valence-electron chi connectivity index (χ1n) is 3.67. The largest absolute Gasteiger partial charge is 0.121 e. The van der Waals surface area contributed by atoms with E-state index in [1.165, 1.54) is 0 Å². The average molecular weight is 270 g/mol. The van der Waals surface area contributed by atoms with Crippen molar-refractivity contribution < 1.29 is 0 Å². The van der Waals surface area contributed by atoms with Gasteiger partial charge in [0.1, 0.15) is 0 Å². The number of alkyl halides is 5. The van der Waals surface area contributed by atoms with E-state index in [1.807, 2.05) is 6.92 Å². The lowest BCUT2D eigenvalue weighted by atomic mass is 9.88. The molecule has 0 aromatic rings. The SMILES string of the molecule is CC1C(Cl)[C@@H](Cl)C(Cl)[C@@H](Cl)C1Cl. The van der Waals surface area contributed by atoms with E-state index in [4.69, 9.17) is 58.0 Å². The van der Waals surface area contributed by atoms with Crippen LogP contribution in [-0.2, 0) is 0 Å². The second-order valence-electron chi connectivity index (χ2n) is 3.08. The number of halogens is 5. The van der Waals surface area contributed by atoms with E-state index >= 15 is 0 Å². The predicted octanol–water partition coefficient (Wildman–Crippen LogP) is 3.67. The van der Waals surface area contributed by atoms with E-state index in [2.05, 4.69) is 0 Å².